The highest BCUT2D eigenvalue weighted by Crippen LogP contribution is 2.29. The van der Waals surface area contributed by atoms with Crippen LogP contribution in [0.5, 0.6) is 0 Å². The summed E-state index contributed by atoms with van der Waals surface area (Å²) in [6.45, 7) is 9.03. The first-order valence-corrected chi connectivity index (χ1v) is 6.23. The lowest BCUT2D eigenvalue weighted by Gasteiger charge is -2.24. The Balaban J connectivity index is 1.95. The van der Waals surface area contributed by atoms with Gasteiger partial charge in [0.05, 0.1) is 12.2 Å². The lowest BCUT2D eigenvalue weighted by atomic mass is 10.1. The van der Waals surface area contributed by atoms with Crippen molar-refractivity contribution in [3.05, 3.63) is 23.8 Å². The normalized spacial score (nSPS) is 15.1. The number of ether oxygens (including phenoxy) is 1. The van der Waals surface area contributed by atoms with E-state index in [1.165, 1.54) is 11.3 Å². The summed E-state index contributed by atoms with van der Waals surface area (Å²) in [5.41, 5.74) is 9.29. The molecule has 1 aromatic rings. The topological polar surface area (TPSA) is 38.5 Å². The zero-order valence-electron chi connectivity index (χ0n) is 11.0. The minimum Gasteiger partial charge on any atom is -0.399 e. The number of fused-ring (bicyclic) bond motifs is 1. The molecule has 17 heavy (non-hydrogen) atoms. The molecule has 2 N–H and O–H groups in total. The molecule has 0 bridgehead atoms. The zero-order chi connectivity index (χ0) is 12.5. The highest BCUT2D eigenvalue weighted by molar-refractivity contribution is 5.64. The average Bonchev–Trinajstić information content (AvgIpc) is 2.59. The third-order valence-electron chi connectivity index (χ3n) is 3.00. The van der Waals surface area contributed by atoms with Crippen molar-refractivity contribution < 1.29 is 4.74 Å². The second-order valence-electron chi connectivity index (χ2n) is 5.59. The molecular weight excluding hydrogens is 212 g/mol. The van der Waals surface area contributed by atoms with E-state index in [0.717, 1.165) is 31.8 Å². The van der Waals surface area contributed by atoms with Crippen LogP contribution in [0.1, 0.15) is 26.3 Å². The number of nitrogens with two attached hydrogens (primary N) is 1. The maximum atomic E-state index is 5.83. The summed E-state index contributed by atoms with van der Waals surface area (Å²) in [5.74, 6) is 0. The van der Waals surface area contributed by atoms with Crippen LogP contribution in [-0.2, 0) is 11.2 Å². The van der Waals surface area contributed by atoms with E-state index >= 15 is 0 Å². The maximum absolute atomic E-state index is 5.83. The van der Waals surface area contributed by atoms with E-state index in [1.807, 2.05) is 6.07 Å². The van der Waals surface area contributed by atoms with Gasteiger partial charge in [0.2, 0.25) is 0 Å². The van der Waals surface area contributed by atoms with E-state index in [1.54, 1.807) is 0 Å². The fraction of sp³-hybridized carbons (Fsp3) is 0.571. The summed E-state index contributed by atoms with van der Waals surface area (Å²) in [6, 6.07) is 6.18. The van der Waals surface area contributed by atoms with Gasteiger partial charge in [0.15, 0.2) is 0 Å². The summed E-state index contributed by atoms with van der Waals surface area (Å²) < 4.78 is 5.76. The number of anilines is 2. The molecule has 0 unspecified atom stereocenters. The summed E-state index contributed by atoms with van der Waals surface area (Å²) in [7, 11) is 0. The zero-order valence-corrected chi connectivity index (χ0v) is 11.0. The molecule has 1 aliphatic rings. The second kappa shape index (κ2) is 4.57. The maximum Gasteiger partial charge on any atom is 0.0648 e. The standard InChI is InChI=1S/C14H22N2O/c1-14(2,3)17-9-8-16-7-6-11-4-5-12(15)10-13(11)16/h4-5,10H,6-9,15H2,1-3H3. The molecule has 3 nitrogen and oxygen atoms in total. The Kier molecular flexibility index (Phi) is 3.29. The highest BCUT2D eigenvalue weighted by Gasteiger charge is 2.19. The molecule has 0 saturated heterocycles. The predicted octanol–water partition coefficient (Wildman–Crippen LogP) is 2.45. The van der Waals surface area contributed by atoms with E-state index in [-0.39, 0.29) is 5.60 Å². The Morgan fingerprint density at radius 1 is 1.35 bits per heavy atom. The fourth-order valence-corrected chi connectivity index (χ4v) is 2.16. The highest BCUT2D eigenvalue weighted by atomic mass is 16.5. The van der Waals surface area contributed by atoms with Crippen LogP contribution in [0.25, 0.3) is 0 Å². The number of hydrogen-bond acceptors (Lipinski definition) is 3. The van der Waals surface area contributed by atoms with Gasteiger partial charge >= 0.3 is 0 Å². The molecule has 1 aromatic carbocycles. The molecule has 0 fully saturated rings. The Morgan fingerprint density at radius 3 is 2.82 bits per heavy atom. The summed E-state index contributed by atoms with van der Waals surface area (Å²) in [4.78, 5) is 2.36. The largest absolute Gasteiger partial charge is 0.399 e. The quantitative estimate of drug-likeness (QED) is 0.816. The van der Waals surface area contributed by atoms with Crippen LogP contribution in [0.4, 0.5) is 11.4 Å². The molecule has 0 amide bonds. The number of rotatable bonds is 3. The first kappa shape index (κ1) is 12.2. The van der Waals surface area contributed by atoms with Gasteiger partial charge in [-0.15, -0.1) is 0 Å². The van der Waals surface area contributed by atoms with Gasteiger partial charge in [0.1, 0.15) is 0 Å². The van der Waals surface area contributed by atoms with Crippen LogP contribution in [0, 0.1) is 0 Å². The number of hydrogen-bond donors (Lipinski definition) is 1. The van der Waals surface area contributed by atoms with Crippen LogP contribution < -0.4 is 10.6 Å². The van der Waals surface area contributed by atoms with Gasteiger partial charge in [-0.05, 0) is 44.9 Å². The van der Waals surface area contributed by atoms with Crippen molar-refractivity contribution >= 4 is 11.4 Å². The average molecular weight is 234 g/mol. The molecule has 0 aromatic heterocycles. The fourth-order valence-electron chi connectivity index (χ4n) is 2.16. The van der Waals surface area contributed by atoms with E-state index in [0.29, 0.717) is 0 Å². The van der Waals surface area contributed by atoms with E-state index in [2.05, 4.69) is 37.8 Å². The Labute approximate surface area is 104 Å². The monoisotopic (exact) mass is 234 g/mol. The lowest BCUT2D eigenvalue weighted by Crippen LogP contribution is -2.29. The van der Waals surface area contributed by atoms with Crippen molar-refractivity contribution in [2.45, 2.75) is 32.8 Å². The summed E-state index contributed by atoms with van der Waals surface area (Å²) in [6.07, 6.45) is 1.12. The number of nitrogens with zero attached hydrogens (tertiary/aromatic N) is 1. The van der Waals surface area contributed by atoms with Crippen molar-refractivity contribution in [2.75, 3.05) is 30.3 Å². The van der Waals surface area contributed by atoms with Gasteiger partial charge in [0.25, 0.3) is 0 Å². The molecule has 0 radical (unpaired) electrons. The Morgan fingerprint density at radius 2 is 2.12 bits per heavy atom. The minimum absolute atomic E-state index is 0.0573. The number of benzene rings is 1. The Hall–Kier alpha value is -1.22. The molecule has 3 heteroatoms. The van der Waals surface area contributed by atoms with Crippen LogP contribution >= 0.6 is 0 Å². The van der Waals surface area contributed by atoms with Crippen molar-refractivity contribution in [1.82, 2.24) is 0 Å². The van der Waals surface area contributed by atoms with Crippen LogP contribution in [0.15, 0.2) is 18.2 Å². The molecule has 1 aliphatic heterocycles. The van der Waals surface area contributed by atoms with E-state index in [9.17, 15) is 0 Å². The molecule has 94 valence electrons. The minimum atomic E-state index is -0.0573. The smallest absolute Gasteiger partial charge is 0.0648 e. The van der Waals surface area contributed by atoms with Crippen molar-refractivity contribution in [3.63, 3.8) is 0 Å². The van der Waals surface area contributed by atoms with Gasteiger partial charge in [-0.3, -0.25) is 0 Å². The first-order chi connectivity index (χ1) is 7.96. The van der Waals surface area contributed by atoms with Crippen LogP contribution in [-0.4, -0.2) is 25.3 Å². The lowest BCUT2D eigenvalue weighted by molar-refractivity contribution is 0.00148. The van der Waals surface area contributed by atoms with Gasteiger partial charge in [-0.1, -0.05) is 6.07 Å². The molecule has 1 heterocycles. The number of nitrogen functional groups attached to an aromatic ring is 1. The third-order valence-corrected chi connectivity index (χ3v) is 3.00. The molecule has 0 atom stereocenters. The molecule has 0 spiro atoms. The van der Waals surface area contributed by atoms with Crippen LogP contribution in [0.3, 0.4) is 0 Å². The van der Waals surface area contributed by atoms with Gasteiger partial charge in [-0.25, -0.2) is 0 Å². The second-order valence-corrected chi connectivity index (χ2v) is 5.59. The van der Waals surface area contributed by atoms with Crippen molar-refractivity contribution in [2.24, 2.45) is 0 Å². The molecule has 2 rings (SSSR count). The third kappa shape index (κ3) is 3.13. The van der Waals surface area contributed by atoms with Crippen molar-refractivity contribution in [1.29, 1.82) is 0 Å². The molecule has 0 aliphatic carbocycles. The van der Waals surface area contributed by atoms with E-state index < -0.39 is 0 Å². The first-order valence-electron chi connectivity index (χ1n) is 6.23. The van der Waals surface area contributed by atoms with Gasteiger partial charge < -0.3 is 15.4 Å². The summed E-state index contributed by atoms with van der Waals surface area (Å²) >= 11 is 0. The molecule has 0 saturated carbocycles. The summed E-state index contributed by atoms with van der Waals surface area (Å²) in [5, 5.41) is 0. The van der Waals surface area contributed by atoms with Gasteiger partial charge in [0, 0.05) is 24.5 Å². The van der Waals surface area contributed by atoms with Crippen molar-refractivity contribution in [3.8, 4) is 0 Å². The van der Waals surface area contributed by atoms with Crippen LogP contribution in [0.2, 0.25) is 0 Å². The Bertz CT molecular complexity index is 396. The SMILES string of the molecule is CC(C)(C)OCCN1CCc2ccc(N)cc21. The molecular formula is C14H22N2O. The van der Waals surface area contributed by atoms with Gasteiger partial charge in [-0.2, -0.15) is 0 Å². The van der Waals surface area contributed by atoms with E-state index in [4.69, 9.17) is 10.5 Å². The predicted molar refractivity (Wildman–Crippen MR) is 72.5 cm³/mol.